The summed E-state index contributed by atoms with van der Waals surface area (Å²) in [5.74, 6) is 0.630. The van der Waals surface area contributed by atoms with Crippen LogP contribution >= 0.6 is 0 Å². The maximum atomic E-state index is 12.4. The van der Waals surface area contributed by atoms with Crippen LogP contribution in [0.2, 0.25) is 0 Å². The molecule has 2 aromatic rings. The molecule has 0 saturated carbocycles. The van der Waals surface area contributed by atoms with E-state index in [0.717, 1.165) is 10.9 Å². The number of hydrogen-bond donors (Lipinski definition) is 0. The third-order valence-electron chi connectivity index (χ3n) is 5.37. The average molecular weight is 384 g/mol. The lowest BCUT2D eigenvalue weighted by molar-refractivity contribution is -0.137. The SMILES string of the molecule is CCCC(=O)Oc1c2c(c3ccccc3c1OC(=O)CCC)OC(C)C2(C)C. The van der Waals surface area contributed by atoms with Gasteiger partial charge in [-0.3, -0.25) is 9.59 Å². The van der Waals surface area contributed by atoms with E-state index in [1.807, 2.05) is 58.9 Å². The van der Waals surface area contributed by atoms with Crippen LogP contribution in [0.5, 0.6) is 17.2 Å². The predicted molar refractivity (Wildman–Crippen MR) is 108 cm³/mol. The van der Waals surface area contributed by atoms with E-state index < -0.39 is 5.41 Å². The summed E-state index contributed by atoms with van der Waals surface area (Å²) in [5.41, 5.74) is 0.370. The molecule has 28 heavy (non-hydrogen) atoms. The number of rotatable bonds is 6. The molecule has 0 aromatic heterocycles. The lowest BCUT2D eigenvalue weighted by Gasteiger charge is -2.25. The molecule has 150 valence electrons. The van der Waals surface area contributed by atoms with Crippen LogP contribution in [-0.2, 0) is 15.0 Å². The summed E-state index contributed by atoms with van der Waals surface area (Å²) < 4.78 is 17.8. The first kappa shape index (κ1) is 20.2. The standard InChI is InChI=1S/C23H28O5/c1-6-10-17(24)27-21-16-13-9-8-12-15(16)20-19(23(4,5)14(3)26-20)22(21)28-18(25)11-7-2/h8-9,12-14H,6-7,10-11H2,1-5H3. The molecule has 0 aliphatic carbocycles. The van der Waals surface area contributed by atoms with Crippen LogP contribution < -0.4 is 14.2 Å². The minimum absolute atomic E-state index is 0.115. The molecule has 1 aliphatic rings. The molecule has 0 spiro atoms. The highest BCUT2D eigenvalue weighted by molar-refractivity contribution is 6.00. The number of benzene rings is 2. The molecule has 2 aromatic carbocycles. The van der Waals surface area contributed by atoms with Crippen molar-refractivity contribution in [3.05, 3.63) is 29.8 Å². The fraction of sp³-hybridized carbons (Fsp3) is 0.478. The number of fused-ring (bicyclic) bond motifs is 3. The predicted octanol–water partition coefficient (Wildman–Crippen LogP) is 5.31. The van der Waals surface area contributed by atoms with Crippen molar-refractivity contribution in [3.8, 4) is 17.2 Å². The number of esters is 2. The van der Waals surface area contributed by atoms with E-state index in [9.17, 15) is 9.59 Å². The summed E-state index contributed by atoms with van der Waals surface area (Å²) in [6.45, 7) is 9.93. The van der Waals surface area contributed by atoms with E-state index in [-0.39, 0.29) is 18.0 Å². The van der Waals surface area contributed by atoms with Crippen LogP contribution in [0.3, 0.4) is 0 Å². The van der Waals surface area contributed by atoms with Gasteiger partial charge in [0.1, 0.15) is 11.9 Å². The largest absolute Gasteiger partial charge is 0.489 e. The minimum atomic E-state index is -0.410. The van der Waals surface area contributed by atoms with E-state index in [4.69, 9.17) is 14.2 Å². The van der Waals surface area contributed by atoms with Crippen LogP contribution in [0.15, 0.2) is 24.3 Å². The van der Waals surface area contributed by atoms with E-state index in [0.29, 0.717) is 48.3 Å². The Balaban J connectivity index is 2.29. The summed E-state index contributed by atoms with van der Waals surface area (Å²) in [5, 5.41) is 1.56. The molecular formula is C23H28O5. The highest BCUT2D eigenvalue weighted by Gasteiger charge is 2.45. The quantitative estimate of drug-likeness (QED) is 0.499. The topological polar surface area (TPSA) is 61.8 Å². The molecule has 0 amide bonds. The van der Waals surface area contributed by atoms with Gasteiger partial charge in [0, 0.05) is 29.0 Å². The van der Waals surface area contributed by atoms with Gasteiger partial charge in [0.2, 0.25) is 0 Å². The fourth-order valence-corrected chi connectivity index (χ4v) is 3.52. The first-order valence-corrected chi connectivity index (χ1v) is 9.98. The average Bonchev–Trinajstić information content (AvgIpc) is 2.88. The summed E-state index contributed by atoms with van der Waals surface area (Å²) in [6, 6.07) is 7.59. The van der Waals surface area contributed by atoms with Crippen molar-refractivity contribution in [3.63, 3.8) is 0 Å². The van der Waals surface area contributed by atoms with Gasteiger partial charge in [-0.05, 0) is 19.8 Å². The Morgan fingerprint density at radius 2 is 1.50 bits per heavy atom. The Bertz CT molecular complexity index is 913. The van der Waals surface area contributed by atoms with Crippen molar-refractivity contribution < 1.29 is 23.8 Å². The Morgan fingerprint density at radius 1 is 0.964 bits per heavy atom. The van der Waals surface area contributed by atoms with Crippen LogP contribution in [-0.4, -0.2) is 18.0 Å². The maximum Gasteiger partial charge on any atom is 0.311 e. The first-order chi connectivity index (χ1) is 13.3. The molecule has 1 aliphatic heterocycles. The van der Waals surface area contributed by atoms with Gasteiger partial charge < -0.3 is 14.2 Å². The van der Waals surface area contributed by atoms with Crippen molar-refractivity contribution in [2.75, 3.05) is 0 Å². The van der Waals surface area contributed by atoms with Gasteiger partial charge in [-0.2, -0.15) is 0 Å². The van der Waals surface area contributed by atoms with E-state index >= 15 is 0 Å². The van der Waals surface area contributed by atoms with Gasteiger partial charge >= 0.3 is 11.9 Å². The number of carbonyl (C=O) groups is 2. The first-order valence-electron chi connectivity index (χ1n) is 9.98. The van der Waals surface area contributed by atoms with Gasteiger partial charge in [0.05, 0.1) is 5.56 Å². The van der Waals surface area contributed by atoms with Gasteiger partial charge in [0.15, 0.2) is 11.5 Å². The molecule has 0 N–H and O–H groups in total. The number of ether oxygens (including phenoxy) is 3. The maximum absolute atomic E-state index is 12.4. The van der Waals surface area contributed by atoms with E-state index in [1.54, 1.807) is 0 Å². The Labute approximate surface area is 166 Å². The van der Waals surface area contributed by atoms with Crippen molar-refractivity contribution in [1.82, 2.24) is 0 Å². The molecule has 0 bridgehead atoms. The normalized spacial score (nSPS) is 17.1. The molecule has 0 radical (unpaired) electrons. The molecule has 1 atom stereocenters. The van der Waals surface area contributed by atoms with E-state index in [1.165, 1.54) is 0 Å². The summed E-state index contributed by atoms with van der Waals surface area (Å²) >= 11 is 0. The highest BCUT2D eigenvalue weighted by Crippen LogP contribution is 2.56. The molecule has 5 nitrogen and oxygen atoms in total. The highest BCUT2D eigenvalue weighted by atomic mass is 16.6. The van der Waals surface area contributed by atoms with Crippen molar-refractivity contribution in [2.45, 2.75) is 71.8 Å². The molecule has 1 heterocycles. The molecule has 3 rings (SSSR count). The summed E-state index contributed by atoms with van der Waals surface area (Å²) in [7, 11) is 0. The summed E-state index contributed by atoms with van der Waals surface area (Å²) in [4.78, 5) is 24.8. The fourth-order valence-electron chi connectivity index (χ4n) is 3.52. The third kappa shape index (κ3) is 3.46. The second-order valence-electron chi connectivity index (χ2n) is 7.84. The zero-order valence-corrected chi connectivity index (χ0v) is 17.3. The lowest BCUT2D eigenvalue weighted by atomic mass is 9.80. The Kier molecular flexibility index (Phi) is 5.64. The van der Waals surface area contributed by atoms with Crippen molar-refractivity contribution in [2.24, 2.45) is 0 Å². The van der Waals surface area contributed by atoms with Crippen molar-refractivity contribution >= 4 is 22.7 Å². The van der Waals surface area contributed by atoms with Gasteiger partial charge in [0.25, 0.3) is 0 Å². The summed E-state index contributed by atoms with van der Waals surface area (Å²) in [6.07, 6.45) is 1.83. The zero-order chi connectivity index (χ0) is 20.5. The van der Waals surface area contributed by atoms with Gasteiger partial charge in [-0.1, -0.05) is 52.0 Å². The lowest BCUT2D eigenvalue weighted by Crippen LogP contribution is -2.29. The van der Waals surface area contributed by atoms with Crippen LogP contribution in [0.25, 0.3) is 10.8 Å². The smallest absolute Gasteiger partial charge is 0.311 e. The Morgan fingerprint density at radius 3 is 2.07 bits per heavy atom. The van der Waals surface area contributed by atoms with Crippen molar-refractivity contribution in [1.29, 1.82) is 0 Å². The van der Waals surface area contributed by atoms with Crippen LogP contribution in [0, 0.1) is 0 Å². The number of carbonyl (C=O) groups excluding carboxylic acids is 2. The molecule has 0 fully saturated rings. The zero-order valence-electron chi connectivity index (χ0n) is 17.3. The Hall–Kier alpha value is -2.56. The third-order valence-corrected chi connectivity index (χ3v) is 5.37. The van der Waals surface area contributed by atoms with Gasteiger partial charge in [-0.15, -0.1) is 0 Å². The molecule has 5 heteroatoms. The van der Waals surface area contributed by atoms with E-state index in [2.05, 4.69) is 0 Å². The molecular weight excluding hydrogens is 356 g/mol. The minimum Gasteiger partial charge on any atom is -0.489 e. The van der Waals surface area contributed by atoms with Crippen LogP contribution in [0.4, 0.5) is 0 Å². The second kappa shape index (κ2) is 7.82. The second-order valence-corrected chi connectivity index (χ2v) is 7.84. The monoisotopic (exact) mass is 384 g/mol. The van der Waals surface area contributed by atoms with Crippen LogP contribution in [0.1, 0.15) is 65.9 Å². The number of hydrogen-bond acceptors (Lipinski definition) is 5. The van der Waals surface area contributed by atoms with Gasteiger partial charge in [-0.25, -0.2) is 0 Å². The molecule has 1 unspecified atom stereocenters. The molecule has 0 saturated heterocycles.